The number of carbonyl (C=O) groups is 2. The molecule has 0 aliphatic carbocycles. The number of nitrogens with one attached hydrogen (secondary N) is 2. The summed E-state index contributed by atoms with van der Waals surface area (Å²) in [5.74, 6) is -0.264. The van der Waals surface area contributed by atoms with Crippen molar-refractivity contribution < 1.29 is 18.0 Å². The van der Waals surface area contributed by atoms with Gasteiger partial charge in [0.25, 0.3) is 21.8 Å². The van der Waals surface area contributed by atoms with Gasteiger partial charge in [-0.05, 0) is 85.8 Å². The summed E-state index contributed by atoms with van der Waals surface area (Å²) < 4.78 is 28.2. The van der Waals surface area contributed by atoms with E-state index in [2.05, 4.69) is 10.0 Å². The smallest absolute Gasteiger partial charge is 0.262 e. The first-order valence-corrected chi connectivity index (χ1v) is 13.1. The summed E-state index contributed by atoms with van der Waals surface area (Å²) >= 11 is 0. The number of hydrogen-bond donors (Lipinski definition) is 2. The maximum Gasteiger partial charge on any atom is 0.262 e. The van der Waals surface area contributed by atoms with Crippen molar-refractivity contribution in [2.24, 2.45) is 0 Å². The highest BCUT2D eigenvalue weighted by atomic mass is 32.2. The number of amides is 2. The number of carbonyl (C=O) groups excluding carboxylic acids is 2. The van der Waals surface area contributed by atoms with Crippen molar-refractivity contribution in [3.63, 3.8) is 0 Å². The van der Waals surface area contributed by atoms with Gasteiger partial charge in [-0.25, -0.2) is 8.42 Å². The van der Waals surface area contributed by atoms with E-state index in [0.717, 1.165) is 37.1 Å². The van der Waals surface area contributed by atoms with Crippen LogP contribution in [-0.2, 0) is 16.6 Å². The van der Waals surface area contributed by atoms with E-state index >= 15 is 0 Å². The molecule has 3 aromatic rings. The molecule has 0 aromatic heterocycles. The minimum absolute atomic E-state index is 0.0228. The van der Waals surface area contributed by atoms with Crippen LogP contribution in [0.25, 0.3) is 0 Å². The van der Waals surface area contributed by atoms with Gasteiger partial charge in [0, 0.05) is 36.4 Å². The number of likely N-dealkylation sites (tertiary alicyclic amines) is 1. The number of rotatable bonds is 7. The van der Waals surface area contributed by atoms with E-state index in [0.29, 0.717) is 22.4 Å². The van der Waals surface area contributed by atoms with Crippen LogP contribution in [-0.4, -0.2) is 38.2 Å². The third-order valence-electron chi connectivity index (χ3n) is 6.05. The van der Waals surface area contributed by atoms with Gasteiger partial charge in [0.15, 0.2) is 0 Å². The van der Waals surface area contributed by atoms with Crippen LogP contribution in [0, 0.1) is 13.8 Å². The SMILES string of the molecule is Cc1ccc(C)c(S(=O)(=O)Nc2ccc(C(=O)NCc3cccc(C(=O)N4CCCC4)c3)cc2)c1. The van der Waals surface area contributed by atoms with Crippen LogP contribution in [0.5, 0.6) is 0 Å². The van der Waals surface area contributed by atoms with E-state index in [4.69, 9.17) is 0 Å². The van der Waals surface area contributed by atoms with Crippen LogP contribution in [0.3, 0.4) is 0 Å². The third kappa shape index (κ3) is 5.89. The Hall–Kier alpha value is -3.65. The standard InChI is InChI=1S/C27H29N3O4S/c1-19-8-9-20(2)25(16-19)35(33,34)29-24-12-10-22(11-13-24)26(31)28-18-21-6-5-7-23(17-21)27(32)30-14-3-4-15-30/h5-13,16-17,29H,3-4,14-15,18H2,1-2H3,(H,28,31). The summed E-state index contributed by atoms with van der Waals surface area (Å²) in [7, 11) is -3.74. The number of nitrogens with zero attached hydrogens (tertiary/aromatic N) is 1. The van der Waals surface area contributed by atoms with Gasteiger partial charge in [-0.1, -0.05) is 24.3 Å². The van der Waals surface area contributed by atoms with Gasteiger partial charge in [-0.2, -0.15) is 0 Å². The number of aryl methyl sites for hydroxylation is 2. The predicted octanol–water partition coefficient (Wildman–Crippen LogP) is 4.27. The molecule has 2 amide bonds. The second kappa shape index (κ2) is 10.3. The van der Waals surface area contributed by atoms with Gasteiger partial charge in [0.2, 0.25) is 0 Å². The van der Waals surface area contributed by atoms with Gasteiger partial charge in [0.05, 0.1) is 4.90 Å². The zero-order chi connectivity index (χ0) is 25.0. The van der Waals surface area contributed by atoms with Crippen LogP contribution < -0.4 is 10.0 Å². The Kier molecular flexibility index (Phi) is 7.21. The molecule has 0 radical (unpaired) electrons. The second-order valence-electron chi connectivity index (χ2n) is 8.83. The molecule has 0 saturated carbocycles. The van der Waals surface area contributed by atoms with E-state index < -0.39 is 10.0 Å². The number of benzene rings is 3. The maximum absolute atomic E-state index is 12.8. The zero-order valence-corrected chi connectivity index (χ0v) is 20.7. The highest BCUT2D eigenvalue weighted by Gasteiger charge is 2.20. The molecule has 0 atom stereocenters. The average molecular weight is 492 g/mol. The summed E-state index contributed by atoms with van der Waals surface area (Å²) in [6.45, 7) is 5.45. The minimum atomic E-state index is -3.74. The molecule has 1 aliphatic rings. The summed E-state index contributed by atoms with van der Waals surface area (Å²) in [5.41, 5.74) is 3.75. The Labute approximate surface area is 206 Å². The van der Waals surface area contributed by atoms with E-state index in [9.17, 15) is 18.0 Å². The van der Waals surface area contributed by atoms with Crippen molar-refractivity contribution in [2.75, 3.05) is 17.8 Å². The average Bonchev–Trinajstić information content (AvgIpc) is 3.39. The van der Waals surface area contributed by atoms with Crippen LogP contribution in [0.4, 0.5) is 5.69 Å². The van der Waals surface area contributed by atoms with Crippen molar-refractivity contribution in [3.8, 4) is 0 Å². The lowest BCUT2D eigenvalue weighted by atomic mass is 10.1. The van der Waals surface area contributed by atoms with Crippen LogP contribution in [0.2, 0.25) is 0 Å². The summed E-state index contributed by atoms with van der Waals surface area (Å²) in [5, 5.41) is 2.86. The molecule has 1 heterocycles. The third-order valence-corrected chi connectivity index (χ3v) is 7.58. The van der Waals surface area contributed by atoms with Gasteiger partial charge < -0.3 is 10.2 Å². The first-order valence-electron chi connectivity index (χ1n) is 11.6. The molecule has 3 aromatic carbocycles. The summed E-state index contributed by atoms with van der Waals surface area (Å²) in [6.07, 6.45) is 2.07. The quantitative estimate of drug-likeness (QED) is 0.516. The second-order valence-corrected chi connectivity index (χ2v) is 10.5. The van der Waals surface area contributed by atoms with Crippen molar-refractivity contribution in [1.29, 1.82) is 0 Å². The van der Waals surface area contributed by atoms with Crippen LogP contribution >= 0.6 is 0 Å². The molecule has 4 rings (SSSR count). The monoisotopic (exact) mass is 491 g/mol. The van der Waals surface area contributed by atoms with Crippen LogP contribution in [0.15, 0.2) is 71.6 Å². The molecule has 0 bridgehead atoms. The molecule has 8 heteroatoms. The lowest BCUT2D eigenvalue weighted by molar-refractivity contribution is 0.0792. The molecule has 2 N–H and O–H groups in total. The largest absolute Gasteiger partial charge is 0.348 e. The topological polar surface area (TPSA) is 95.6 Å². The van der Waals surface area contributed by atoms with Crippen molar-refractivity contribution in [3.05, 3.63) is 94.5 Å². The minimum Gasteiger partial charge on any atom is -0.348 e. The fourth-order valence-electron chi connectivity index (χ4n) is 4.10. The lowest BCUT2D eigenvalue weighted by Crippen LogP contribution is -2.28. The first-order chi connectivity index (χ1) is 16.7. The van der Waals surface area contributed by atoms with Gasteiger partial charge >= 0.3 is 0 Å². The molecule has 1 saturated heterocycles. The Bertz CT molecular complexity index is 1350. The number of hydrogen-bond acceptors (Lipinski definition) is 4. The summed E-state index contributed by atoms with van der Waals surface area (Å²) in [6, 6.07) is 18.8. The lowest BCUT2D eigenvalue weighted by Gasteiger charge is -2.15. The number of sulfonamides is 1. The predicted molar refractivity (Wildman–Crippen MR) is 136 cm³/mol. The number of anilines is 1. The molecule has 35 heavy (non-hydrogen) atoms. The maximum atomic E-state index is 12.8. The molecular weight excluding hydrogens is 462 g/mol. The van der Waals surface area contributed by atoms with Gasteiger partial charge in [-0.3, -0.25) is 14.3 Å². The Balaban J connectivity index is 1.38. The van der Waals surface area contributed by atoms with E-state index in [1.165, 1.54) is 0 Å². The molecule has 0 unspecified atom stereocenters. The van der Waals surface area contributed by atoms with E-state index in [1.807, 2.05) is 36.1 Å². The highest BCUT2D eigenvalue weighted by Crippen LogP contribution is 2.21. The molecular formula is C27H29N3O4S. The molecule has 182 valence electrons. The first kappa shape index (κ1) is 24.5. The van der Waals surface area contributed by atoms with E-state index in [-0.39, 0.29) is 23.3 Å². The molecule has 7 nitrogen and oxygen atoms in total. The normalized spacial score (nSPS) is 13.5. The fraction of sp³-hybridized carbons (Fsp3) is 0.259. The molecule has 1 fully saturated rings. The Morgan fingerprint density at radius 3 is 2.31 bits per heavy atom. The van der Waals surface area contributed by atoms with Gasteiger partial charge in [0.1, 0.15) is 0 Å². The highest BCUT2D eigenvalue weighted by molar-refractivity contribution is 7.92. The van der Waals surface area contributed by atoms with Crippen LogP contribution in [0.1, 0.15) is 50.2 Å². The van der Waals surface area contributed by atoms with E-state index in [1.54, 1.807) is 49.4 Å². The fourth-order valence-corrected chi connectivity index (χ4v) is 5.49. The molecule has 1 aliphatic heterocycles. The Morgan fingerprint density at radius 2 is 1.60 bits per heavy atom. The Morgan fingerprint density at radius 1 is 0.886 bits per heavy atom. The van der Waals surface area contributed by atoms with Crippen molar-refractivity contribution in [2.45, 2.75) is 38.1 Å². The van der Waals surface area contributed by atoms with Crippen molar-refractivity contribution in [1.82, 2.24) is 10.2 Å². The van der Waals surface area contributed by atoms with Gasteiger partial charge in [-0.15, -0.1) is 0 Å². The zero-order valence-electron chi connectivity index (χ0n) is 19.9. The molecule has 0 spiro atoms. The van der Waals surface area contributed by atoms with Crippen molar-refractivity contribution >= 4 is 27.5 Å². The summed E-state index contributed by atoms with van der Waals surface area (Å²) in [4.78, 5) is 27.3.